The average molecular weight is 453 g/mol. The summed E-state index contributed by atoms with van der Waals surface area (Å²) in [4.78, 5) is 28.4. The number of benzene rings is 2. The third-order valence-electron chi connectivity index (χ3n) is 5.04. The lowest BCUT2D eigenvalue weighted by molar-refractivity contribution is -0.115. The lowest BCUT2D eigenvalue weighted by atomic mass is 9.78. The van der Waals surface area contributed by atoms with E-state index in [2.05, 4.69) is 10.3 Å². The van der Waals surface area contributed by atoms with Crippen LogP contribution in [0.3, 0.4) is 0 Å². The molecule has 1 heterocycles. The Kier molecular flexibility index (Phi) is 6.24. The Morgan fingerprint density at radius 2 is 1.53 bits per heavy atom. The van der Waals surface area contributed by atoms with E-state index in [1.54, 1.807) is 18.2 Å². The quantitative estimate of drug-likeness (QED) is 0.528. The molecule has 0 saturated carbocycles. The molecule has 2 aromatic carbocycles. The van der Waals surface area contributed by atoms with Gasteiger partial charge in [0.15, 0.2) is 5.17 Å². The molecule has 0 bridgehead atoms. The van der Waals surface area contributed by atoms with Gasteiger partial charge in [-0.25, -0.2) is 9.79 Å². The first kappa shape index (κ1) is 23.6. The van der Waals surface area contributed by atoms with Gasteiger partial charge in [-0.2, -0.15) is 0 Å². The number of nitrogens with zero attached hydrogens (tertiary/aromatic N) is 1. The lowest BCUT2D eigenvalue weighted by Gasteiger charge is -2.28. The van der Waals surface area contributed by atoms with Gasteiger partial charge in [-0.15, -0.1) is 0 Å². The number of phenols is 1. The van der Waals surface area contributed by atoms with Gasteiger partial charge in [0.2, 0.25) is 0 Å². The fraction of sp³-hybridized carbons (Fsp3) is 0.320. The number of nitrogens with one attached hydrogen (secondary N) is 1. The van der Waals surface area contributed by atoms with Gasteiger partial charge in [-0.3, -0.25) is 4.79 Å². The predicted molar refractivity (Wildman–Crippen MR) is 130 cm³/mol. The van der Waals surface area contributed by atoms with Crippen molar-refractivity contribution in [3.8, 4) is 5.75 Å². The molecule has 1 saturated heterocycles. The fourth-order valence-electron chi connectivity index (χ4n) is 3.31. The summed E-state index contributed by atoms with van der Waals surface area (Å²) < 4.78 is 0. The standard InChI is InChI=1S/C25H28N2O4S/c1-24(2,3)17-11-14(12-18(20(17)28)25(4,5)6)13-19-21(29)27-23(32-19)26-16-9-7-15(8-10-16)22(30)31/h7-13,28H,1-6H3,(H,30,31)(H,26,27,29)/b19-13-. The molecule has 0 spiro atoms. The third-order valence-corrected chi connectivity index (χ3v) is 5.95. The number of amidine groups is 1. The van der Waals surface area contributed by atoms with Crippen molar-refractivity contribution in [2.75, 3.05) is 0 Å². The Bertz CT molecular complexity index is 1100. The SMILES string of the molecule is CC(C)(C)c1cc(/C=C2\SC(=Nc3ccc(C(=O)O)cc3)NC2=O)cc(C(C)(C)C)c1O. The number of aliphatic imine (C=N–C) groups is 1. The number of carbonyl (C=O) groups excluding carboxylic acids is 1. The van der Waals surface area contributed by atoms with Gasteiger partial charge in [0.05, 0.1) is 16.2 Å². The molecule has 0 unspecified atom stereocenters. The van der Waals surface area contributed by atoms with Crippen molar-refractivity contribution in [1.82, 2.24) is 5.32 Å². The van der Waals surface area contributed by atoms with Crippen LogP contribution >= 0.6 is 11.8 Å². The van der Waals surface area contributed by atoms with E-state index in [0.29, 0.717) is 21.5 Å². The number of carbonyl (C=O) groups is 2. The lowest BCUT2D eigenvalue weighted by Crippen LogP contribution is -2.19. The maximum Gasteiger partial charge on any atom is 0.335 e. The molecule has 2 aromatic rings. The molecule has 1 aliphatic heterocycles. The van der Waals surface area contributed by atoms with Crippen LogP contribution in [0.2, 0.25) is 0 Å². The first-order valence-electron chi connectivity index (χ1n) is 10.3. The minimum atomic E-state index is -1.00. The maximum absolute atomic E-state index is 12.5. The van der Waals surface area contributed by atoms with E-state index in [1.165, 1.54) is 23.9 Å². The summed E-state index contributed by atoms with van der Waals surface area (Å²) in [6.45, 7) is 12.3. The van der Waals surface area contributed by atoms with Gasteiger partial charge in [0, 0.05) is 11.1 Å². The Labute approximate surface area is 192 Å². The number of phenolic OH excluding ortho intramolecular Hbond substituents is 1. The second-order valence-electron chi connectivity index (χ2n) is 9.80. The molecule has 32 heavy (non-hydrogen) atoms. The molecule has 0 radical (unpaired) electrons. The molecule has 1 fully saturated rings. The van der Waals surface area contributed by atoms with Crippen LogP contribution in [0.25, 0.3) is 6.08 Å². The number of rotatable bonds is 3. The van der Waals surface area contributed by atoms with Crippen molar-refractivity contribution in [2.45, 2.75) is 52.4 Å². The number of carboxylic acid groups (broad SMARTS) is 1. The molecule has 7 heteroatoms. The predicted octanol–water partition coefficient (Wildman–Crippen LogP) is 5.58. The van der Waals surface area contributed by atoms with Gasteiger partial charge in [0.1, 0.15) is 5.75 Å². The van der Waals surface area contributed by atoms with Crippen LogP contribution in [-0.4, -0.2) is 27.3 Å². The van der Waals surface area contributed by atoms with Crippen molar-refractivity contribution in [3.05, 3.63) is 63.6 Å². The van der Waals surface area contributed by atoms with E-state index in [1.807, 2.05) is 53.7 Å². The average Bonchev–Trinajstić information content (AvgIpc) is 3.00. The van der Waals surface area contributed by atoms with Crippen molar-refractivity contribution in [2.24, 2.45) is 4.99 Å². The van der Waals surface area contributed by atoms with Crippen LogP contribution in [0, 0.1) is 0 Å². The van der Waals surface area contributed by atoms with Crippen LogP contribution in [0.1, 0.15) is 68.6 Å². The summed E-state index contributed by atoms with van der Waals surface area (Å²) in [5.74, 6) is -0.961. The van der Waals surface area contributed by atoms with E-state index >= 15 is 0 Å². The summed E-state index contributed by atoms with van der Waals surface area (Å²) >= 11 is 1.22. The zero-order valence-electron chi connectivity index (χ0n) is 19.1. The van der Waals surface area contributed by atoms with E-state index in [4.69, 9.17) is 5.11 Å². The molecule has 3 N–H and O–H groups in total. The Balaban J connectivity index is 1.96. The summed E-state index contributed by atoms with van der Waals surface area (Å²) in [5, 5.41) is 23.1. The molecule has 1 amide bonds. The van der Waals surface area contributed by atoms with Crippen LogP contribution in [-0.2, 0) is 15.6 Å². The molecule has 0 aliphatic carbocycles. The van der Waals surface area contributed by atoms with Gasteiger partial charge >= 0.3 is 5.97 Å². The van der Waals surface area contributed by atoms with Gasteiger partial charge in [0.25, 0.3) is 5.91 Å². The minimum absolute atomic E-state index is 0.175. The number of carboxylic acids is 1. The number of hydrogen-bond acceptors (Lipinski definition) is 5. The second kappa shape index (κ2) is 8.47. The molecule has 6 nitrogen and oxygen atoms in total. The first-order chi connectivity index (χ1) is 14.8. The van der Waals surface area contributed by atoms with E-state index in [-0.39, 0.29) is 22.3 Å². The Hall–Kier alpha value is -3.06. The van der Waals surface area contributed by atoms with E-state index in [9.17, 15) is 14.7 Å². The monoisotopic (exact) mass is 452 g/mol. The van der Waals surface area contributed by atoms with Gasteiger partial charge in [-0.05, 0) is 70.6 Å². The van der Waals surface area contributed by atoms with Gasteiger partial charge < -0.3 is 15.5 Å². The summed E-state index contributed by atoms with van der Waals surface area (Å²) in [7, 11) is 0. The topological polar surface area (TPSA) is 99.0 Å². The first-order valence-corrected chi connectivity index (χ1v) is 11.1. The Morgan fingerprint density at radius 3 is 2.00 bits per heavy atom. The highest BCUT2D eigenvalue weighted by atomic mass is 32.2. The Morgan fingerprint density at radius 1 is 1.00 bits per heavy atom. The molecule has 0 atom stereocenters. The zero-order valence-corrected chi connectivity index (χ0v) is 19.9. The normalized spacial score (nSPS) is 17.1. The summed E-state index contributed by atoms with van der Waals surface area (Å²) in [5.41, 5.74) is 2.68. The van der Waals surface area contributed by atoms with Crippen LogP contribution in [0.4, 0.5) is 5.69 Å². The number of thioether (sulfide) groups is 1. The highest BCUT2D eigenvalue weighted by Crippen LogP contribution is 2.40. The van der Waals surface area contributed by atoms with Crippen molar-refractivity contribution >= 4 is 40.6 Å². The molecular formula is C25H28N2O4S. The molecule has 1 aliphatic rings. The highest BCUT2D eigenvalue weighted by molar-refractivity contribution is 8.18. The number of amides is 1. The van der Waals surface area contributed by atoms with Crippen molar-refractivity contribution in [1.29, 1.82) is 0 Å². The minimum Gasteiger partial charge on any atom is -0.507 e. The van der Waals surface area contributed by atoms with Crippen molar-refractivity contribution < 1.29 is 19.8 Å². The van der Waals surface area contributed by atoms with E-state index in [0.717, 1.165) is 16.7 Å². The molecule has 3 rings (SSSR count). The maximum atomic E-state index is 12.5. The number of hydrogen-bond donors (Lipinski definition) is 3. The fourth-order valence-corrected chi connectivity index (χ4v) is 4.15. The highest BCUT2D eigenvalue weighted by Gasteiger charge is 2.28. The van der Waals surface area contributed by atoms with Crippen molar-refractivity contribution in [3.63, 3.8) is 0 Å². The third kappa shape index (κ3) is 5.22. The van der Waals surface area contributed by atoms with Crippen LogP contribution < -0.4 is 5.32 Å². The summed E-state index contributed by atoms with van der Waals surface area (Å²) in [6, 6.07) is 9.97. The smallest absolute Gasteiger partial charge is 0.335 e. The molecule has 0 aromatic heterocycles. The number of aromatic hydroxyl groups is 1. The van der Waals surface area contributed by atoms with Crippen LogP contribution in [0.15, 0.2) is 46.3 Å². The largest absolute Gasteiger partial charge is 0.507 e. The summed E-state index contributed by atoms with van der Waals surface area (Å²) in [6.07, 6.45) is 1.81. The van der Waals surface area contributed by atoms with Crippen LogP contribution in [0.5, 0.6) is 5.75 Å². The zero-order chi connectivity index (χ0) is 23.8. The molecule has 168 valence electrons. The molecular weight excluding hydrogens is 424 g/mol. The van der Waals surface area contributed by atoms with E-state index < -0.39 is 5.97 Å². The second-order valence-corrected chi connectivity index (χ2v) is 10.8. The van der Waals surface area contributed by atoms with Gasteiger partial charge in [-0.1, -0.05) is 41.5 Å². The number of aromatic carboxylic acids is 1.